The molecular formula is C22H29N3O2. The van der Waals surface area contributed by atoms with Gasteiger partial charge in [0.25, 0.3) is 5.91 Å². The largest absolute Gasteiger partial charge is 0.351 e. The topological polar surface area (TPSA) is 45.6 Å². The number of hydrogen-bond donors (Lipinski definition) is 0. The molecule has 1 aromatic carbocycles. The maximum atomic E-state index is 13.0. The van der Waals surface area contributed by atoms with Crippen LogP contribution >= 0.6 is 0 Å². The van der Waals surface area contributed by atoms with Crippen LogP contribution in [0.4, 0.5) is 0 Å². The van der Waals surface area contributed by atoms with Crippen LogP contribution in [0.25, 0.3) is 0 Å². The summed E-state index contributed by atoms with van der Waals surface area (Å²) in [6.45, 7) is 8.62. The summed E-state index contributed by atoms with van der Waals surface area (Å²) in [4.78, 5) is 29.5. The van der Waals surface area contributed by atoms with E-state index in [1.165, 1.54) is 0 Å². The highest BCUT2D eigenvalue weighted by Crippen LogP contribution is 2.17. The summed E-state index contributed by atoms with van der Waals surface area (Å²) in [5.41, 5.74) is 5.08. The molecule has 0 saturated carbocycles. The predicted molar refractivity (Wildman–Crippen MR) is 107 cm³/mol. The number of aromatic nitrogens is 1. The average molecular weight is 367 g/mol. The summed E-state index contributed by atoms with van der Waals surface area (Å²) < 4.78 is 2.04. The summed E-state index contributed by atoms with van der Waals surface area (Å²) in [7, 11) is 1.98. The van der Waals surface area contributed by atoms with Crippen molar-refractivity contribution in [2.75, 3.05) is 26.2 Å². The first-order valence-corrected chi connectivity index (χ1v) is 9.63. The summed E-state index contributed by atoms with van der Waals surface area (Å²) in [5.74, 6) is 0.217. The van der Waals surface area contributed by atoms with Gasteiger partial charge < -0.3 is 14.4 Å². The SMILES string of the molecule is Cc1ccccc1CC(=O)N1CCCN(C(=O)c2cc(C)n(C)c2C)CC1. The second-order valence-electron chi connectivity index (χ2n) is 7.47. The Hall–Kier alpha value is -2.56. The van der Waals surface area contributed by atoms with E-state index in [1.807, 2.05) is 72.5 Å². The number of aryl methyl sites for hydroxylation is 2. The monoisotopic (exact) mass is 367 g/mol. The van der Waals surface area contributed by atoms with Gasteiger partial charge in [-0.15, -0.1) is 0 Å². The Morgan fingerprint density at radius 1 is 0.963 bits per heavy atom. The Labute approximate surface area is 161 Å². The van der Waals surface area contributed by atoms with Crippen LogP contribution in [0.3, 0.4) is 0 Å². The van der Waals surface area contributed by atoms with Gasteiger partial charge in [-0.1, -0.05) is 24.3 Å². The van der Waals surface area contributed by atoms with Crippen LogP contribution < -0.4 is 0 Å². The van der Waals surface area contributed by atoms with Crippen molar-refractivity contribution in [3.05, 3.63) is 58.4 Å². The molecule has 2 heterocycles. The maximum absolute atomic E-state index is 13.0. The molecular weight excluding hydrogens is 338 g/mol. The van der Waals surface area contributed by atoms with Gasteiger partial charge in [0.1, 0.15) is 0 Å². The van der Waals surface area contributed by atoms with Crippen LogP contribution in [0.15, 0.2) is 30.3 Å². The third-order valence-electron chi connectivity index (χ3n) is 5.74. The van der Waals surface area contributed by atoms with E-state index < -0.39 is 0 Å². The van der Waals surface area contributed by atoms with Crippen molar-refractivity contribution in [2.45, 2.75) is 33.6 Å². The van der Waals surface area contributed by atoms with Crippen LogP contribution in [0.1, 0.15) is 39.3 Å². The van der Waals surface area contributed by atoms with Gasteiger partial charge in [-0.2, -0.15) is 0 Å². The predicted octanol–water partition coefficient (Wildman–Crippen LogP) is 2.87. The van der Waals surface area contributed by atoms with Crippen molar-refractivity contribution < 1.29 is 9.59 Å². The van der Waals surface area contributed by atoms with Crippen molar-refractivity contribution in [1.29, 1.82) is 0 Å². The normalized spacial score (nSPS) is 15.0. The molecule has 0 spiro atoms. The van der Waals surface area contributed by atoms with Crippen LogP contribution in [0, 0.1) is 20.8 Å². The molecule has 5 heteroatoms. The van der Waals surface area contributed by atoms with Crippen LogP contribution in [-0.4, -0.2) is 52.4 Å². The fourth-order valence-electron chi connectivity index (χ4n) is 3.70. The lowest BCUT2D eigenvalue weighted by molar-refractivity contribution is -0.130. The van der Waals surface area contributed by atoms with E-state index in [9.17, 15) is 9.59 Å². The van der Waals surface area contributed by atoms with Crippen LogP contribution in [0.2, 0.25) is 0 Å². The molecule has 0 bridgehead atoms. The lowest BCUT2D eigenvalue weighted by Crippen LogP contribution is -2.38. The molecule has 0 N–H and O–H groups in total. The Bertz CT molecular complexity index is 853. The van der Waals surface area contributed by atoms with Gasteiger partial charge in [0.05, 0.1) is 12.0 Å². The number of benzene rings is 1. The summed E-state index contributed by atoms with van der Waals surface area (Å²) in [6.07, 6.45) is 1.24. The summed E-state index contributed by atoms with van der Waals surface area (Å²) in [5, 5.41) is 0. The first-order valence-electron chi connectivity index (χ1n) is 9.63. The fraction of sp³-hybridized carbons (Fsp3) is 0.455. The zero-order valence-electron chi connectivity index (χ0n) is 16.8. The lowest BCUT2D eigenvalue weighted by atomic mass is 10.1. The van der Waals surface area contributed by atoms with Gasteiger partial charge in [0, 0.05) is 44.6 Å². The van der Waals surface area contributed by atoms with Gasteiger partial charge in [-0.25, -0.2) is 0 Å². The molecule has 27 heavy (non-hydrogen) atoms. The van der Waals surface area contributed by atoms with E-state index in [2.05, 4.69) is 0 Å². The van der Waals surface area contributed by atoms with E-state index in [4.69, 9.17) is 0 Å². The highest BCUT2D eigenvalue weighted by atomic mass is 16.2. The first-order chi connectivity index (χ1) is 12.9. The van der Waals surface area contributed by atoms with Gasteiger partial charge in [0.2, 0.25) is 5.91 Å². The van der Waals surface area contributed by atoms with Crippen molar-refractivity contribution in [2.24, 2.45) is 7.05 Å². The molecule has 1 aromatic heterocycles. The number of hydrogen-bond acceptors (Lipinski definition) is 2. The number of carbonyl (C=O) groups is 2. The van der Waals surface area contributed by atoms with Gasteiger partial charge >= 0.3 is 0 Å². The van der Waals surface area contributed by atoms with Crippen molar-refractivity contribution in [3.63, 3.8) is 0 Å². The third-order valence-corrected chi connectivity index (χ3v) is 5.74. The molecule has 0 atom stereocenters. The van der Waals surface area contributed by atoms with Crippen molar-refractivity contribution in [3.8, 4) is 0 Å². The minimum Gasteiger partial charge on any atom is -0.351 e. The Kier molecular flexibility index (Phi) is 5.68. The number of nitrogens with zero attached hydrogens (tertiary/aromatic N) is 3. The third kappa shape index (κ3) is 4.07. The zero-order valence-corrected chi connectivity index (χ0v) is 16.8. The zero-order chi connectivity index (χ0) is 19.6. The maximum Gasteiger partial charge on any atom is 0.255 e. The van der Waals surface area contributed by atoms with E-state index >= 15 is 0 Å². The molecule has 1 aliphatic rings. The molecule has 5 nitrogen and oxygen atoms in total. The molecule has 144 valence electrons. The molecule has 3 rings (SSSR count). The number of amides is 2. The molecule has 0 unspecified atom stereocenters. The Morgan fingerprint density at radius 3 is 2.30 bits per heavy atom. The quantitative estimate of drug-likeness (QED) is 0.837. The highest BCUT2D eigenvalue weighted by molar-refractivity contribution is 5.95. The second-order valence-corrected chi connectivity index (χ2v) is 7.47. The minimum absolute atomic E-state index is 0.0735. The Morgan fingerprint density at radius 2 is 1.63 bits per heavy atom. The smallest absolute Gasteiger partial charge is 0.255 e. The van der Waals surface area contributed by atoms with E-state index in [1.54, 1.807) is 0 Å². The van der Waals surface area contributed by atoms with Gasteiger partial charge in [-0.3, -0.25) is 9.59 Å². The lowest BCUT2D eigenvalue weighted by Gasteiger charge is -2.22. The standard InChI is InChI=1S/C22H29N3O2/c1-16-8-5-6-9-19(16)15-21(26)24-10-7-11-25(13-12-24)22(27)20-14-17(2)23(4)18(20)3/h5-6,8-9,14H,7,10-13,15H2,1-4H3. The molecule has 2 amide bonds. The number of rotatable bonds is 3. The molecule has 1 fully saturated rings. The molecule has 1 aliphatic heterocycles. The molecule has 1 saturated heterocycles. The summed E-state index contributed by atoms with van der Waals surface area (Å²) in [6, 6.07) is 9.98. The van der Waals surface area contributed by atoms with Crippen LogP contribution in [-0.2, 0) is 18.3 Å². The van der Waals surface area contributed by atoms with Crippen molar-refractivity contribution >= 4 is 11.8 Å². The average Bonchev–Trinajstić information content (AvgIpc) is 2.85. The molecule has 2 aromatic rings. The minimum atomic E-state index is 0.0735. The second kappa shape index (κ2) is 7.99. The van der Waals surface area contributed by atoms with Gasteiger partial charge in [-0.05, 0) is 44.4 Å². The van der Waals surface area contributed by atoms with Gasteiger partial charge in [0.15, 0.2) is 0 Å². The first kappa shape index (κ1) is 19.2. The molecule has 0 radical (unpaired) electrons. The van der Waals surface area contributed by atoms with Crippen molar-refractivity contribution in [1.82, 2.24) is 14.4 Å². The fourth-order valence-corrected chi connectivity index (χ4v) is 3.70. The number of carbonyl (C=O) groups excluding carboxylic acids is 2. The summed E-state index contributed by atoms with van der Waals surface area (Å²) >= 11 is 0. The Balaban J connectivity index is 1.65. The van der Waals surface area contributed by atoms with Crippen LogP contribution in [0.5, 0.6) is 0 Å². The highest BCUT2D eigenvalue weighted by Gasteiger charge is 2.25. The van der Waals surface area contributed by atoms with E-state index in [0.29, 0.717) is 32.6 Å². The molecule has 0 aliphatic carbocycles. The van der Waals surface area contributed by atoms with E-state index in [-0.39, 0.29) is 11.8 Å². The van der Waals surface area contributed by atoms with E-state index in [0.717, 1.165) is 34.5 Å².